The Kier molecular flexibility index (Phi) is 4.51. The highest BCUT2D eigenvalue weighted by molar-refractivity contribution is 7.89. The number of rotatable bonds is 5. The third-order valence-corrected chi connectivity index (χ3v) is 4.74. The molecule has 0 saturated heterocycles. The van der Waals surface area contributed by atoms with Crippen molar-refractivity contribution in [3.63, 3.8) is 0 Å². The molecule has 8 heteroatoms. The molecule has 0 spiro atoms. The number of hydrogen-bond donors (Lipinski definition) is 1. The van der Waals surface area contributed by atoms with E-state index in [9.17, 15) is 12.8 Å². The van der Waals surface area contributed by atoms with Crippen molar-refractivity contribution >= 4 is 10.0 Å². The monoisotopic (exact) mass is 291 g/mol. The van der Waals surface area contributed by atoms with E-state index in [1.807, 2.05) is 0 Å². The van der Waals surface area contributed by atoms with Crippen LogP contribution >= 0.6 is 0 Å². The predicted octanol–water partition coefficient (Wildman–Crippen LogP) is 1.33. The average molecular weight is 291 g/mol. The highest BCUT2D eigenvalue weighted by atomic mass is 32.2. The Bertz CT molecular complexity index is 509. The van der Waals surface area contributed by atoms with E-state index in [0.717, 1.165) is 0 Å². The van der Waals surface area contributed by atoms with E-state index in [1.54, 1.807) is 6.92 Å². The summed E-state index contributed by atoms with van der Waals surface area (Å²) in [5.74, 6) is 0.783. The molecule has 1 heterocycles. The van der Waals surface area contributed by atoms with Gasteiger partial charge in [-0.25, -0.2) is 17.5 Å². The molecule has 108 valence electrons. The standard InChI is InChI=1S/C11H18FN3O3S/c1-8-14-11(18-15-8)6-13-19(16,17)7-9-2-4-10(12)5-3-9/h9-10,13H,2-7H2,1H3. The first-order valence-corrected chi connectivity index (χ1v) is 8.00. The quantitative estimate of drug-likeness (QED) is 0.884. The van der Waals surface area contributed by atoms with Gasteiger partial charge in [-0.1, -0.05) is 5.16 Å². The van der Waals surface area contributed by atoms with Gasteiger partial charge in [-0.05, 0) is 38.5 Å². The Morgan fingerprint density at radius 3 is 2.63 bits per heavy atom. The second-order valence-electron chi connectivity index (χ2n) is 4.96. The molecule has 0 radical (unpaired) electrons. The van der Waals surface area contributed by atoms with Crippen molar-refractivity contribution in [2.75, 3.05) is 5.75 Å². The van der Waals surface area contributed by atoms with Crippen molar-refractivity contribution in [3.8, 4) is 0 Å². The summed E-state index contributed by atoms with van der Waals surface area (Å²) in [6, 6.07) is 0. The molecule has 1 aromatic rings. The van der Waals surface area contributed by atoms with E-state index in [0.29, 0.717) is 31.5 Å². The van der Waals surface area contributed by atoms with Crippen molar-refractivity contribution in [3.05, 3.63) is 11.7 Å². The highest BCUT2D eigenvalue weighted by Crippen LogP contribution is 2.27. The van der Waals surface area contributed by atoms with Gasteiger partial charge in [0.25, 0.3) is 0 Å². The first-order valence-electron chi connectivity index (χ1n) is 6.35. The van der Waals surface area contributed by atoms with Crippen molar-refractivity contribution in [1.29, 1.82) is 0 Å². The van der Waals surface area contributed by atoms with Crippen molar-refractivity contribution < 1.29 is 17.3 Å². The van der Waals surface area contributed by atoms with Crippen LogP contribution in [0.2, 0.25) is 0 Å². The molecule has 0 aliphatic heterocycles. The minimum atomic E-state index is -3.39. The maximum absolute atomic E-state index is 13.0. The third-order valence-electron chi connectivity index (χ3n) is 3.24. The summed E-state index contributed by atoms with van der Waals surface area (Å²) in [7, 11) is -3.39. The Labute approximate surface area is 111 Å². The van der Waals surface area contributed by atoms with E-state index in [2.05, 4.69) is 14.9 Å². The molecule has 1 aromatic heterocycles. The summed E-state index contributed by atoms with van der Waals surface area (Å²) >= 11 is 0. The smallest absolute Gasteiger partial charge is 0.241 e. The van der Waals surface area contributed by atoms with Crippen LogP contribution in [0.1, 0.15) is 37.4 Å². The van der Waals surface area contributed by atoms with Crippen LogP contribution in [0.3, 0.4) is 0 Å². The van der Waals surface area contributed by atoms with Crippen LogP contribution in [-0.4, -0.2) is 30.5 Å². The predicted molar refractivity (Wildman–Crippen MR) is 66.5 cm³/mol. The van der Waals surface area contributed by atoms with Crippen LogP contribution in [0.15, 0.2) is 4.52 Å². The van der Waals surface area contributed by atoms with Crippen LogP contribution < -0.4 is 4.72 Å². The fourth-order valence-electron chi connectivity index (χ4n) is 2.24. The zero-order chi connectivity index (χ0) is 13.9. The molecule has 1 aliphatic carbocycles. The molecule has 0 atom stereocenters. The van der Waals surface area contributed by atoms with Gasteiger partial charge in [0.15, 0.2) is 5.82 Å². The number of aryl methyl sites for hydroxylation is 1. The lowest BCUT2D eigenvalue weighted by Crippen LogP contribution is -2.31. The summed E-state index contributed by atoms with van der Waals surface area (Å²) in [6.45, 7) is 1.67. The van der Waals surface area contributed by atoms with E-state index in [4.69, 9.17) is 4.52 Å². The lowest BCUT2D eigenvalue weighted by Gasteiger charge is -2.23. The van der Waals surface area contributed by atoms with Gasteiger partial charge >= 0.3 is 0 Å². The molecule has 1 fully saturated rings. The Morgan fingerprint density at radius 2 is 2.05 bits per heavy atom. The SMILES string of the molecule is Cc1noc(CNS(=O)(=O)CC2CCC(F)CC2)n1. The number of alkyl halides is 1. The molecule has 1 aliphatic rings. The van der Waals surface area contributed by atoms with Gasteiger partial charge in [0.2, 0.25) is 15.9 Å². The minimum Gasteiger partial charge on any atom is -0.338 e. The summed E-state index contributed by atoms with van der Waals surface area (Å²) in [5, 5.41) is 3.58. The maximum Gasteiger partial charge on any atom is 0.241 e. The molecule has 1 saturated carbocycles. The largest absolute Gasteiger partial charge is 0.338 e. The lowest BCUT2D eigenvalue weighted by atomic mass is 9.90. The molecule has 1 N–H and O–H groups in total. The summed E-state index contributed by atoms with van der Waals surface area (Å²) < 4.78 is 44.0. The highest BCUT2D eigenvalue weighted by Gasteiger charge is 2.25. The molecule has 0 unspecified atom stereocenters. The second-order valence-corrected chi connectivity index (χ2v) is 6.81. The zero-order valence-corrected chi connectivity index (χ0v) is 11.6. The van der Waals surface area contributed by atoms with E-state index >= 15 is 0 Å². The minimum absolute atomic E-state index is 0.00162. The van der Waals surface area contributed by atoms with E-state index < -0.39 is 16.2 Å². The van der Waals surface area contributed by atoms with Gasteiger partial charge < -0.3 is 4.52 Å². The third kappa shape index (κ3) is 4.54. The molecule has 0 amide bonds. The second kappa shape index (κ2) is 5.96. The van der Waals surface area contributed by atoms with Gasteiger partial charge in [-0.3, -0.25) is 0 Å². The van der Waals surface area contributed by atoms with Crippen LogP contribution in [0.5, 0.6) is 0 Å². The van der Waals surface area contributed by atoms with Gasteiger partial charge in [0, 0.05) is 0 Å². The number of aromatic nitrogens is 2. The van der Waals surface area contributed by atoms with Crippen molar-refractivity contribution in [2.45, 2.75) is 45.3 Å². The first kappa shape index (κ1) is 14.4. The van der Waals surface area contributed by atoms with Gasteiger partial charge in [-0.2, -0.15) is 4.98 Å². The fraction of sp³-hybridized carbons (Fsp3) is 0.818. The number of nitrogens with one attached hydrogen (secondary N) is 1. The summed E-state index contributed by atoms with van der Waals surface area (Å²) in [4.78, 5) is 3.92. The van der Waals surface area contributed by atoms with E-state index in [1.165, 1.54) is 0 Å². The Balaban J connectivity index is 1.81. The van der Waals surface area contributed by atoms with Crippen LogP contribution in [0, 0.1) is 12.8 Å². The van der Waals surface area contributed by atoms with Gasteiger partial charge in [0.05, 0.1) is 12.3 Å². The number of halogens is 1. The molecule has 6 nitrogen and oxygen atoms in total. The van der Waals surface area contributed by atoms with E-state index in [-0.39, 0.29) is 24.1 Å². The van der Waals surface area contributed by atoms with Gasteiger partial charge in [-0.15, -0.1) is 0 Å². The molecule has 0 bridgehead atoms. The first-order chi connectivity index (χ1) is 8.94. The van der Waals surface area contributed by atoms with Crippen molar-refractivity contribution in [1.82, 2.24) is 14.9 Å². The lowest BCUT2D eigenvalue weighted by molar-refractivity contribution is 0.216. The Morgan fingerprint density at radius 1 is 1.37 bits per heavy atom. The molecule has 19 heavy (non-hydrogen) atoms. The number of hydrogen-bond acceptors (Lipinski definition) is 5. The maximum atomic E-state index is 13.0. The Hall–Kier alpha value is -1.02. The number of sulfonamides is 1. The van der Waals surface area contributed by atoms with Crippen molar-refractivity contribution in [2.24, 2.45) is 5.92 Å². The molecule has 0 aromatic carbocycles. The molecular formula is C11H18FN3O3S. The topological polar surface area (TPSA) is 85.1 Å². The average Bonchev–Trinajstić information content (AvgIpc) is 2.76. The van der Waals surface area contributed by atoms with Crippen LogP contribution in [-0.2, 0) is 16.6 Å². The molecule has 2 rings (SSSR count). The van der Waals surface area contributed by atoms with Gasteiger partial charge in [0.1, 0.15) is 6.17 Å². The normalized spacial score (nSPS) is 24.5. The summed E-state index contributed by atoms with van der Waals surface area (Å²) in [5.41, 5.74) is 0. The fourth-order valence-corrected chi connectivity index (χ4v) is 3.66. The van der Waals surface area contributed by atoms with Crippen LogP contribution in [0.25, 0.3) is 0 Å². The van der Waals surface area contributed by atoms with Crippen LogP contribution in [0.4, 0.5) is 4.39 Å². The number of nitrogens with zero attached hydrogens (tertiary/aromatic N) is 2. The zero-order valence-electron chi connectivity index (χ0n) is 10.8. The molecular weight excluding hydrogens is 273 g/mol. The summed E-state index contributed by atoms with van der Waals surface area (Å²) in [6.07, 6.45) is 1.41.